The monoisotopic (exact) mass is 210 g/mol. The van der Waals surface area contributed by atoms with Crippen molar-refractivity contribution in [2.45, 2.75) is 52.1 Å². The highest BCUT2D eigenvalue weighted by atomic mass is 16.6. The van der Waals surface area contributed by atoms with Crippen LogP contribution in [0, 0.1) is 0 Å². The van der Waals surface area contributed by atoms with Gasteiger partial charge in [0.2, 0.25) is 0 Å². The maximum atomic E-state index is 11.1. The first kappa shape index (κ1) is 13.9. The summed E-state index contributed by atoms with van der Waals surface area (Å²) in [5.41, 5.74) is 0.668. The van der Waals surface area contributed by atoms with E-state index in [1.165, 1.54) is 0 Å². The third kappa shape index (κ3) is 6.95. The minimum atomic E-state index is -0.367. The van der Waals surface area contributed by atoms with E-state index in [4.69, 9.17) is 4.74 Å². The van der Waals surface area contributed by atoms with Gasteiger partial charge in [0.25, 0.3) is 0 Å². The maximum Gasteiger partial charge on any atom is 0.306 e. The summed E-state index contributed by atoms with van der Waals surface area (Å²) in [5, 5.41) is 0. The van der Waals surface area contributed by atoms with Gasteiger partial charge in [-0.1, -0.05) is 31.7 Å². The lowest BCUT2D eigenvalue weighted by Crippen LogP contribution is -2.27. The van der Waals surface area contributed by atoms with Crippen molar-refractivity contribution in [2.24, 2.45) is 0 Å². The molecule has 86 valence electrons. The summed E-state index contributed by atoms with van der Waals surface area (Å²) in [5.74, 6) is -0.137. The molecule has 0 aromatic heterocycles. The average Bonchev–Trinajstić information content (AvgIpc) is 2.16. The van der Waals surface area contributed by atoms with Gasteiger partial charge >= 0.3 is 5.97 Å². The molecule has 0 bridgehead atoms. The summed E-state index contributed by atoms with van der Waals surface area (Å²) >= 11 is 0. The average molecular weight is 210 g/mol. The standard InChI is InChI=1S/C13H22O2/c1-6-11(3)9-8-10-13(4,5)15-12(14)7-2/h6H,1,3,7-10H2,2,4-5H3. The molecule has 0 atom stereocenters. The fourth-order valence-electron chi connectivity index (χ4n) is 1.27. The first-order valence-corrected chi connectivity index (χ1v) is 5.43. The minimum Gasteiger partial charge on any atom is -0.460 e. The van der Waals surface area contributed by atoms with Crippen LogP contribution in [0.5, 0.6) is 0 Å². The van der Waals surface area contributed by atoms with Crippen molar-refractivity contribution in [3.63, 3.8) is 0 Å². The molecule has 0 aromatic carbocycles. The lowest BCUT2D eigenvalue weighted by atomic mass is 9.99. The van der Waals surface area contributed by atoms with E-state index in [2.05, 4.69) is 13.2 Å². The van der Waals surface area contributed by atoms with E-state index in [9.17, 15) is 4.79 Å². The summed E-state index contributed by atoms with van der Waals surface area (Å²) in [6.45, 7) is 13.2. The number of esters is 1. The molecule has 0 unspecified atom stereocenters. The van der Waals surface area contributed by atoms with Gasteiger partial charge in [-0.25, -0.2) is 0 Å². The molecule has 0 rings (SSSR count). The molecule has 0 aromatic rings. The van der Waals surface area contributed by atoms with Crippen molar-refractivity contribution in [3.05, 3.63) is 24.8 Å². The molecule has 0 spiro atoms. The van der Waals surface area contributed by atoms with Crippen molar-refractivity contribution >= 4 is 5.97 Å². The van der Waals surface area contributed by atoms with Crippen LogP contribution in [0.3, 0.4) is 0 Å². The first-order chi connectivity index (χ1) is 6.91. The lowest BCUT2D eigenvalue weighted by molar-refractivity contribution is -0.156. The predicted molar refractivity (Wildman–Crippen MR) is 63.7 cm³/mol. The Labute approximate surface area is 93.0 Å². The van der Waals surface area contributed by atoms with Crippen LogP contribution in [0.25, 0.3) is 0 Å². The van der Waals surface area contributed by atoms with Crippen LogP contribution in [0.1, 0.15) is 46.5 Å². The molecular weight excluding hydrogens is 188 g/mol. The van der Waals surface area contributed by atoms with Gasteiger partial charge in [-0.15, -0.1) is 0 Å². The Morgan fingerprint density at radius 3 is 2.53 bits per heavy atom. The van der Waals surface area contributed by atoms with Crippen molar-refractivity contribution in [1.29, 1.82) is 0 Å². The highest BCUT2D eigenvalue weighted by Gasteiger charge is 2.21. The minimum absolute atomic E-state index is 0.137. The van der Waals surface area contributed by atoms with E-state index >= 15 is 0 Å². The van der Waals surface area contributed by atoms with E-state index in [0.717, 1.165) is 24.8 Å². The van der Waals surface area contributed by atoms with Crippen molar-refractivity contribution in [2.75, 3.05) is 0 Å². The number of allylic oxidation sites excluding steroid dienone is 2. The van der Waals surface area contributed by atoms with Crippen LogP contribution < -0.4 is 0 Å². The Kier molecular flexibility index (Phi) is 5.99. The van der Waals surface area contributed by atoms with E-state index in [0.29, 0.717) is 6.42 Å². The highest BCUT2D eigenvalue weighted by Crippen LogP contribution is 2.20. The summed E-state index contributed by atoms with van der Waals surface area (Å²) < 4.78 is 5.31. The molecule has 0 saturated carbocycles. The normalized spacial score (nSPS) is 10.9. The third-order valence-electron chi connectivity index (χ3n) is 2.24. The Balaban J connectivity index is 3.88. The van der Waals surface area contributed by atoms with Gasteiger partial charge in [-0.3, -0.25) is 4.79 Å². The van der Waals surface area contributed by atoms with Gasteiger partial charge in [0.05, 0.1) is 0 Å². The molecule has 2 nitrogen and oxygen atoms in total. The second-order valence-electron chi connectivity index (χ2n) is 4.30. The number of ether oxygens (including phenoxy) is 1. The SMILES string of the molecule is C=CC(=C)CCCC(C)(C)OC(=O)CC. The molecule has 2 heteroatoms. The molecule has 15 heavy (non-hydrogen) atoms. The largest absolute Gasteiger partial charge is 0.460 e. The zero-order chi connectivity index (χ0) is 11.9. The number of carbonyl (C=O) groups is 1. The fourth-order valence-corrected chi connectivity index (χ4v) is 1.27. The van der Waals surface area contributed by atoms with Crippen LogP contribution >= 0.6 is 0 Å². The molecule has 0 aliphatic rings. The fraction of sp³-hybridized carbons (Fsp3) is 0.615. The van der Waals surface area contributed by atoms with E-state index < -0.39 is 0 Å². The molecule has 0 amide bonds. The maximum absolute atomic E-state index is 11.1. The second kappa shape index (κ2) is 6.44. The van der Waals surface area contributed by atoms with E-state index in [1.807, 2.05) is 13.8 Å². The van der Waals surface area contributed by atoms with Gasteiger partial charge in [0.15, 0.2) is 0 Å². The third-order valence-corrected chi connectivity index (χ3v) is 2.24. The summed E-state index contributed by atoms with van der Waals surface area (Å²) in [4.78, 5) is 11.1. The van der Waals surface area contributed by atoms with Crippen molar-refractivity contribution < 1.29 is 9.53 Å². The smallest absolute Gasteiger partial charge is 0.306 e. The Hall–Kier alpha value is -1.05. The van der Waals surface area contributed by atoms with E-state index in [1.54, 1.807) is 13.0 Å². The zero-order valence-electron chi connectivity index (χ0n) is 10.1. The van der Waals surface area contributed by atoms with E-state index in [-0.39, 0.29) is 11.6 Å². The van der Waals surface area contributed by atoms with Crippen molar-refractivity contribution in [1.82, 2.24) is 0 Å². The van der Waals surface area contributed by atoms with Crippen molar-refractivity contribution in [3.8, 4) is 0 Å². The second-order valence-corrected chi connectivity index (χ2v) is 4.30. The van der Waals surface area contributed by atoms with Crippen LogP contribution in [0.4, 0.5) is 0 Å². The van der Waals surface area contributed by atoms with Gasteiger partial charge in [-0.05, 0) is 33.1 Å². The number of rotatable bonds is 7. The van der Waals surface area contributed by atoms with Crippen LogP contribution in [0.15, 0.2) is 24.8 Å². The quantitative estimate of drug-likeness (QED) is 0.474. The van der Waals surface area contributed by atoms with Crippen LogP contribution in [-0.4, -0.2) is 11.6 Å². The van der Waals surface area contributed by atoms with Crippen LogP contribution in [0.2, 0.25) is 0 Å². The zero-order valence-corrected chi connectivity index (χ0v) is 10.1. The topological polar surface area (TPSA) is 26.3 Å². The first-order valence-electron chi connectivity index (χ1n) is 5.43. The molecule has 0 aliphatic heterocycles. The summed E-state index contributed by atoms with van der Waals surface area (Å²) in [6, 6.07) is 0. The molecule has 0 aliphatic carbocycles. The number of hydrogen-bond donors (Lipinski definition) is 0. The Morgan fingerprint density at radius 2 is 2.07 bits per heavy atom. The lowest BCUT2D eigenvalue weighted by Gasteiger charge is -2.24. The molecule has 0 saturated heterocycles. The van der Waals surface area contributed by atoms with Gasteiger partial charge in [-0.2, -0.15) is 0 Å². The Bertz CT molecular complexity index is 239. The summed E-state index contributed by atoms with van der Waals surface area (Å²) in [6.07, 6.45) is 4.94. The molecule has 0 heterocycles. The molecule has 0 N–H and O–H groups in total. The summed E-state index contributed by atoms with van der Waals surface area (Å²) in [7, 11) is 0. The Morgan fingerprint density at radius 1 is 1.47 bits per heavy atom. The highest BCUT2D eigenvalue weighted by molar-refractivity contribution is 5.69. The number of hydrogen-bond acceptors (Lipinski definition) is 2. The molecular formula is C13H22O2. The predicted octanol–water partition coefficient (Wildman–Crippen LogP) is 3.63. The van der Waals surface area contributed by atoms with Gasteiger partial charge in [0.1, 0.15) is 5.60 Å². The molecule has 0 fully saturated rings. The molecule has 0 radical (unpaired) electrons. The van der Waals surface area contributed by atoms with Gasteiger partial charge < -0.3 is 4.74 Å². The van der Waals surface area contributed by atoms with Gasteiger partial charge in [0, 0.05) is 6.42 Å². The number of carbonyl (C=O) groups excluding carboxylic acids is 1. The van der Waals surface area contributed by atoms with Crippen LogP contribution in [-0.2, 0) is 9.53 Å².